The number of rotatable bonds is 2. The van der Waals surface area contributed by atoms with Crippen LogP contribution in [0.3, 0.4) is 0 Å². The maximum atomic E-state index is 12.2. The number of benzene rings is 1. The molecule has 1 aliphatic heterocycles. The van der Waals surface area contributed by atoms with Crippen molar-refractivity contribution >= 4 is 17.3 Å². The Kier molecular flexibility index (Phi) is 3.32. The minimum absolute atomic E-state index is 0.318. The summed E-state index contributed by atoms with van der Waals surface area (Å²) < 4.78 is 0. The molecule has 0 bridgehead atoms. The van der Waals surface area contributed by atoms with E-state index < -0.39 is 0 Å². The first-order valence-corrected chi connectivity index (χ1v) is 7.13. The lowest BCUT2D eigenvalue weighted by Crippen LogP contribution is -2.51. The van der Waals surface area contributed by atoms with Gasteiger partial charge in [-0.1, -0.05) is 12.5 Å². The Labute approximate surface area is 114 Å². The van der Waals surface area contributed by atoms with Crippen LogP contribution in [0.5, 0.6) is 0 Å². The maximum absolute atomic E-state index is 12.2. The molecule has 19 heavy (non-hydrogen) atoms. The highest BCUT2D eigenvalue weighted by molar-refractivity contribution is 5.80. The number of hydrogen-bond donors (Lipinski definition) is 1. The molecule has 1 aromatic carbocycles. The molecule has 102 valence electrons. The van der Waals surface area contributed by atoms with Crippen LogP contribution >= 0.6 is 0 Å². The van der Waals surface area contributed by atoms with Crippen LogP contribution < -0.4 is 10.6 Å². The van der Waals surface area contributed by atoms with Crippen LogP contribution in [0.15, 0.2) is 24.3 Å². The second-order valence-electron chi connectivity index (χ2n) is 5.54. The van der Waals surface area contributed by atoms with Crippen molar-refractivity contribution in [1.29, 1.82) is 0 Å². The first kappa shape index (κ1) is 12.3. The molecule has 0 unspecified atom stereocenters. The average Bonchev–Trinajstić information content (AvgIpc) is 2.37. The summed E-state index contributed by atoms with van der Waals surface area (Å²) in [5, 5.41) is 0. The zero-order valence-electron chi connectivity index (χ0n) is 11.2. The van der Waals surface area contributed by atoms with E-state index in [4.69, 9.17) is 5.73 Å². The second-order valence-corrected chi connectivity index (χ2v) is 5.54. The third kappa shape index (κ3) is 2.53. The van der Waals surface area contributed by atoms with Crippen molar-refractivity contribution in [2.75, 3.05) is 36.8 Å². The molecule has 1 aliphatic carbocycles. The lowest BCUT2D eigenvalue weighted by atomic mass is 9.84. The van der Waals surface area contributed by atoms with E-state index in [9.17, 15) is 4.79 Å². The lowest BCUT2D eigenvalue weighted by molar-refractivity contribution is -0.138. The number of nitrogens with zero attached hydrogens (tertiary/aromatic N) is 2. The first-order chi connectivity index (χ1) is 9.24. The van der Waals surface area contributed by atoms with Crippen molar-refractivity contribution < 1.29 is 4.79 Å². The number of carbonyl (C=O) groups excluding carboxylic acids is 1. The fourth-order valence-electron chi connectivity index (χ4n) is 2.82. The van der Waals surface area contributed by atoms with Gasteiger partial charge in [-0.05, 0) is 31.0 Å². The van der Waals surface area contributed by atoms with Crippen LogP contribution in [0.1, 0.15) is 19.3 Å². The molecule has 2 aliphatic rings. The van der Waals surface area contributed by atoms with Crippen LogP contribution in [0.2, 0.25) is 0 Å². The number of hydrogen-bond acceptors (Lipinski definition) is 3. The largest absolute Gasteiger partial charge is 0.399 e. The topological polar surface area (TPSA) is 49.6 Å². The highest BCUT2D eigenvalue weighted by Gasteiger charge is 2.31. The quantitative estimate of drug-likeness (QED) is 0.823. The Hall–Kier alpha value is -1.71. The van der Waals surface area contributed by atoms with Gasteiger partial charge in [-0.15, -0.1) is 0 Å². The Morgan fingerprint density at radius 3 is 2.47 bits per heavy atom. The van der Waals surface area contributed by atoms with Crippen LogP contribution in [0.25, 0.3) is 0 Å². The summed E-state index contributed by atoms with van der Waals surface area (Å²) in [7, 11) is 0. The molecule has 1 aromatic rings. The van der Waals surface area contributed by atoms with Gasteiger partial charge in [-0.2, -0.15) is 0 Å². The summed E-state index contributed by atoms with van der Waals surface area (Å²) in [4.78, 5) is 16.5. The van der Waals surface area contributed by atoms with Gasteiger partial charge in [0.2, 0.25) is 5.91 Å². The molecule has 1 amide bonds. The van der Waals surface area contributed by atoms with Crippen LogP contribution in [0, 0.1) is 5.92 Å². The number of carbonyl (C=O) groups is 1. The molecule has 1 saturated heterocycles. The van der Waals surface area contributed by atoms with Crippen molar-refractivity contribution in [2.45, 2.75) is 19.3 Å². The number of anilines is 2. The average molecular weight is 259 g/mol. The summed E-state index contributed by atoms with van der Waals surface area (Å²) >= 11 is 0. The minimum atomic E-state index is 0.318. The number of nitrogens with two attached hydrogens (primary N) is 1. The van der Waals surface area contributed by atoms with Gasteiger partial charge < -0.3 is 15.5 Å². The maximum Gasteiger partial charge on any atom is 0.225 e. The van der Waals surface area contributed by atoms with E-state index >= 15 is 0 Å². The highest BCUT2D eigenvalue weighted by Crippen LogP contribution is 2.29. The molecule has 1 heterocycles. The second kappa shape index (κ2) is 5.11. The molecular weight excluding hydrogens is 238 g/mol. The zero-order chi connectivity index (χ0) is 13.2. The number of piperazine rings is 1. The number of amides is 1. The van der Waals surface area contributed by atoms with Gasteiger partial charge in [-0.25, -0.2) is 0 Å². The molecule has 0 radical (unpaired) electrons. The molecular formula is C15H21N3O. The summed E-state index contributed by atoms with van der Waals surface area (Å²) in [5.74, 6) is 0.692. The fourth-order valence-corrected chi connectivity index (χ4v) is 2.82. The highest BCUT2D eigenvalue weighted by atomic mass is 16.2. The fraction of sp³-hybridized carbons (Fsp3) is 0.533. The normalized spacial score (nSPS) is 20.2. The predicted octanol–water partition coefficient (Wildman–Crippen LogP) is 1.72. The van der Waals surface area contributed by atoms with Crippen molar-refractivity contribution in [1.82, 2.24) is 4.90 Å². The Balaban J connectivity index is 1.58. The van der Waals surface area contributed by atoms with Gasteiger partial charge >= 0.3 is 0 Å². The summed E-state index contributed by atoms with van der Waals surface area (Å²) in [6, 6.07) is 7.97. The molecule has 3 rings (SSSR count). The monoisotopic (exact) mass is 259 g/mol. The van der Waals surface area contributed by atoms with Crippen LogP contribution in [-0.2, 0) is 4.79 Å². The smallest absolute Gasteiger partial charge is 0.225 e. The van der Waals surface area contributed by atoms with Gasteiger partial charge in [0, 0.05) is 43.5 Å². The van der Waals surface area contributed by atoms with Gasteiger partial charge in [0.15, 0.2) is 0 Å². The standard InChI is InChI=1S/C15H21N3O/c16-13-5-2-6-14(11-13)17-7-9-18(10-8-17)15(19)12-3-1-4-12/h2,5-6,11-12H,1,3-4,7-10,16H2. The lowest BCUT2D eigenvalue weighted by Gasteiger charge is -2.39. The van der Waals surface area contributed by atoms with Crippen molar-refractivity contribution in [3.8, 4) is 0 Å². The van der Waals surface area contributed by atoms with Gasteiger partial charge in [0.25, 0.3) is 0 Å². The predicted molar refractivity (Wildman–Crippen MR) is 77.0 cm³/mol. The van der Waals surface area contributed by atoms with Gasteiger partial charge in [0.05, 0.1) is 0 Å². The van der Waals surface area contributed by atoms with Gasteiger partial charge in [0.1, 0.15) is 0 Å². The third-order valence-corrected chi connectivity index (χ3v) is 4.28. The summed E-state index contributed by atoms with van der Waals surface area (Å²) in [6.45, 7) is 3.48. The summed E-state index contributed by atoms with van der Waals surface area (Å²) in [6.07, 6.45) is 3.40. The third-order valence-electron chi connectivity index (χ3n) is 4.28. The van der Waals surface area contributed by atoms with Crippen molar-refractivity contribution in [2.24, 2.45) is 5.92 Å². The van der Waals surface area contributed by atoms with E-state index in [2.05, 4.69) is 11.0 Å². The molecule has 1 saturated carbocycles. The molecule has 2 fully saturated rings. The van der Waals surface area contributed by atoms with E-state index in [1.165, 1.54) is 6.42 Å². The van der Waals surface area contributed by atoms with E-state index in [-0.39, 0.29) is 0 Å². The van der Waals surface area contributed by atoms with E-state index in [1.54, 1.807) is 0 Å². The SMILES string of the molecule is Nc1cccc(N2CCN(C(=O)C3CCC3)CC2)c1. The number of nitrogen functional groups attached to an aromatic ring is 1. The molecule has 4 heteroatoms. The first-order valence-electron chi connectivity index (χ1n) is 7.13. The van der Waals surface area contributed by atoms with Gasteiger partial charge in [-0.3, -0.25) is 4.79 Å². The van der Waals surface area contributed by atoms with E-state index in [0.717, 1.165) is 50.4 Å². The van der Waals surface area contributed by atoms with E-state index in [1.807, 2.05) is 23.1 Å². The van der Waals surface area contributed by atoms with Crippen molar-refractivity contribution in [3.63, 3.8) is 0 Å². The Morgan fingerprint density at radius 1 is 1.16 bits per heavy atom. The molecule has 0 atom stereocenters. The molecule has 0 spiro atoms. The Bertz CT molecular complexity index is 462. The van der Waals surface area contributed by atoms with Crippen molar-refractivity contribution in [3.05, 3.63) is 24.3 Å². The van der Waals surface area contributed by atoms with Crippen LogP contribution in [0.4, 0.5) is 11.4 Å². The van der Waals surface area contributed by atoms with E-state index in [0.29, 0.717) is 11.8 Å². The molecule has 4 nitrogen and oxygen atoms in total. The minimum Gasteiger partial charge on any atom is -0.399 e. The molecule has 2 N–H and O–H groups in total. The Morgan fingerprint density at radius 2 is 1.89 bits per heavy atom. The zero-order valence-corrected chi connectivity index (χ0v) is 11.2. The van der Waals surface area contributed by atoms with Crippen LogP contribution in [-0.4, -0.2) is 37.0 Å². The molecule has 0 aromatic heterocycles. The summed E-state index contributed by atoms with van der Waals surface area (Å²) in [5.41, 5.74) is 7.77.